The lowest BCUT2D eigenvalue weighted by Crippen LogP contribution is -1.87. The molecule has 1 aliphatic heterocycles. The van der Waals surface area contributed by atoms with Crippen LogP contribution in [0.15, 0.2) is 53.7 Å². The molecule has 0 atom stereocenters. The van der Waals surface area contributed by atoms with Gasteiger partial charge in [-0.25, -0.2) is 0 Å². The fraction of sp³-hybridized carbons (Fsp3) is 0. The summed E-state index contributed by atoms with van der Waals surface area (Å²) in [6, 6.07) is 0. The molecule has 0 radical (unpaired) electrons. The lowest BCUT2D eigenvalue weighted by Gasteiger charge is -1.79. The molecule has 12 heavy (non-hydrogen) atoms. The summed E-state index contributed by atoms with van der Waals surface area (Å²) in [4.78, 5) is 0. The highest BCUT2D eigenvalue weighted by atomic mass is 16.5. The van der Waals surface area contributed by atoms with Crippen LogP contribution in [0.4, 0.5) is 0 Å². The molecule has 2 rings (SSSR count). The minimum absolute atomic E-state index is 1.40. The highest BCUT2D eigenvalue weighted by molar-refractivity contribution is 5.14. The maximum absolute atomic E-state index is 4.22. The van der Waals surface area contributed by atoms with Crippen LogP contribution in [0.1, 0.15) is 0 Å². The van der Waals surface area contributed by atoms with Crippen LogP contribution in [-0.4, -0.2) is 10.4 Å². The summed E-state index contributed by atoms with van der Waals surface area (Å²) in [6.07, 6.45) is 14.5. The topological polar surface area (TPSA) is 51.0 Å². The Balaban J connectivity index is 0.000000127. The Kier molecular flexibility index (Phi) is 4.07. The molecule has 1 aromatic heterocycles. The van der Waals surface area contributed by atoms with Crippen molar-refractivity contribution in [2.45, 2.75) is 0 Å². The van der Waals surface area contributed by atoms with E-state index in [1.54, 1.807) is 0 Å². The summed E-state index contributed by atoms with van der Waals surface area (Å²) in [6.45, 7) is 0. The number of nitrogens with one attached hydrogen (secondary N) is 1. The van der Waals surface area contributed by atoms with Gasteiger partial charge in [0.1, 0.15) is 6.26 Å². The summed E-state index contributed by atoms with van der Waals surface area (Å²) in [5.41, 5.74) is 0. The SMILES string of the molecule is C1=CC=CNC=C1.c1conn1. The van der Waals surface area contributed by atoms with Crippen LogP contribution in [0.2, 0.25) is 0 Å². The summed E-state index contributed by atoms with van der Waals surface area (Å²) in [7, 11) is 0. The van der Waals surface area contributed by atoms with Crippen molar-refractivity contribution < 1.29 is 4.52 Å². The zero-order valence-electron chi connectivity index (χ0n) is 6.42. The monoisotopic (exact) mass is 163 g/mol. The van der Waals surface area contributed by atoms with E-state index in [2.05, 4.69) is 20.2 Å². The van der Waals surface area contributed by atoms with Crippen molar-refractivity contribution in [1.29, 1.82) is 0 Å². The molecule has 0 saturated carbocycles. The third kappa shape index (κ3) is 4.05. The van der Waals surface area contributed by atoms with Gasteiger partial charge in [-0.2, -0.15) is 0 Å². The van der Waals surface area contributed by atoms with Crippen molar-refractivity contribution in [3.05, 3.63) is 49.2 Å². The van der Waals surface area contributed by atoms with Gasteiger partial charge in [0.05, 0.1) is 6.20 Å². The van der Waals surface area contributed by atoms with Crippen molar-refractivity contribution in [1.82, 2.24) is 15.7 Å². The maximum Gasteiger partial charge on any atom is 0.144 e. The van der Waals surface area contributed by atoms with E-state index in [1.165, 1.54) is 12.5 Å². The molecule has 1 aliphatic rings. The second-order valence-electron chi connectivity index (χ2n) is 1.86. The lowest BCUT2D eigenvalue weighted by molar-refractivity contribution is 0.393. The van der Waals surface area contributed by atoms with E-state index >= 15 is 0 Å². The number of rotatable bonds is 0. The van der Waals surface area contributed by atoms with Gasteiger partial charge in [-0.15, -0.1) is 5.10 Å². The van der Waals surface area contributed by atoms with Gasteiger partial charge in [-0.3, -0.25) is 0 Å². The fourth-order valence-electron chi connectivity index (χ4n) is 0.542. The average molecular weight is 163 g/mol. The molecule has 0 amide bonds. The van der Waals surface area contributed by atoms with E-state index in [1.807, 2.05) is 36.7 Å². The lowest BCUT2D eigenvalue weighted by atomic mass is 10.5. The van der Waals surface area contributed by atoms with Gasteiger partial charge in [0.2, 0.25) is 0 Å². The van der Waals surface area contributed by atoms with E-state index in [9.17, 15) is 0 Å². The first-order valence-corrected chi connectivity index (χ1v) is 3.45. The highest BCUT2D eigenvalue weighted by Gasteiger charge is 1.67. The van der Waals surface area contributed by atoms with Crippen LogP contribution >= 0.6 is 0 Å². The molecule has 4 nitrogen and oxygen atoms in total. The van der Waals surface area contributed by atoms with Crippen molar-refractivity contribution in [2.75, 3.05) is 0 Å². The third-order valence-corrected chi connectivity index (χ3v) is 1.00. The van der Waals surface area contributed by atoms with Crippen LogP contribution in [0.25, 0.3) is 0 Å². The molecular weight excluding hydrogens is 154 g/mol. The molecule has 62 valence electrons. The molecule has 0 fully saturated rings. The van der Waals surface area contributed by atoms with Gasteiger partial charge in [-0.1, -0.05) is 12.2 Å². The Morgan fingerprint density at radius 2 is 1.75 bits per heavy atom. The van der Waals surface area contributed by atoms with Crippen LogP contribution in [-0.2, 0) is 0 Å². The first-order chi connectivity index (χ1) is 6.00. The number of aromatic nitrogens is 2. The standard InChI is InChI=1S/C6H7N.C2H2N2O/c1-2-4-6-7-5-3-1;1-2-5-4-3-1/h1-7H;1-2H. The second-order valence-corrected chi connectivity index (χ2v) is 1.86. The van der Waals surface area contributed by atoms with Crippen LogP contribution in [0.3, 0.4) is 0 Å². The Morgan fingerprint density at radius 1 is 1.00 bits per heavy atom. The molecule has 0 spiro atoms. The van der Waals surface area contributed by atoms with Crippen molar-refractivity contribution in [3.8, 4) is 0 Å². The summed E-state index contributed by atoms with van der Waals surface area (Å²) in [5, 5.41) is 9.33. The Bertz CT molecular complexity index is 231. The molecule has 0 aromatic carbocycles. The van der Waals surface area contributed by atoms with Crippen molar-refractivity contribution >= 4 is 0 Å². The third-order valence-electron chi connectivity index (χ3n) is 1.00. The van der Waals surface area contributed by atoms with Gasteiger partial charge in [0.15, 0.2) is 0 Å². The van der Waals surface area contributed by atoms with Crippen LogP contribution in [0.5, 0.6) is 0 Å². The molecule has 0 bridgehead atoms. The highest BCUT2D eigenvalue weighted by Crippen LogP contribution is 1.81. The van der Waals surface area contributed by atoms with Gasteiger partial charge < -0.3 is 9.84 Å². The fourth-order valence-corrected chi connectivity index (χ4v) is 0.542. The van der Waals surface area contributed by atoms with Crippen molar-refractivity contribution in [2.24, 2.45) is 0 Å². The molecule has 2 heterocycles. The predicted octanol–water partition coefficient (Wildman–Crippen LogP) is 1.24. The second kappa shape index (κ2) is 5.91. The quantitative estimate of drug-likeness (QED) is 0.625. The summed E-state index contributed by atoms with van der Waals surface area (Å²) >= 11 is 0. The first-order valence-electron chi connectivity index (χ1n) is 3.45. The smallest absolute Gasteiger partial charge is 0.144 e. The van der Waals surface area contributed by atoms with E-state index in [4.69, 9.17) is 0 Å². The van der Waals surface area contributed by atoms with Crippen LogP contribution in [0, 0.1) is 0 Å². The minimum Gasteiger partial charge on any atom is -0.368 e. The average Bonchev–Trinajstić information content (AvgIpc) is 2.54. The Labute approximate surface area is 70.3 Å². The van der Waals surface area contributed by atoms with Crippen LogP contribution < -0.4 is 5.32 Å². The first kappa shape index (κ1) is 8.26. The molecular formula is C8H9N3O. The largest absolute Gasteiger partial charge is 0.368 e. The minimum atomic E-state index is 1.40. The van der Waals surface area contributed by atoms with E-state index in [0.717, 1.165) is 0 Å². The van der Waals surface area contributed by atoms with Gasteiger partial charge in [0.25, 0.3) is 0 Å². The molecule has 0 saturated heterocycles. The van der Waals surface area contributed by atoms with E-state index in [-0.39, 0.29) is 0 Å². The summed E-state index contributed by atoms with van der Waals surface area (Å²) < 4.78 is 4.22. The zero-order chi connectivity index (χ0) is 8.49. The van der Waals surface area contributed by atoms with Gasteiger partial charge in [0, 0.05) is 17.7 Å². The molecule has 0 aliphatic carbocycles. The normalized spacial score (nSPS) is 12.7. The number of allylic oxidation sites excluding steroid dienone is 4. The molecule has 4 heteroatoms. The molecule has 1 aromatic rings. The van der Waals surface area contributed by atoms with E-state index < -0.39 is 0 Å². The number of hydrogen-bond donors (Lipinski definition) is 1. The van der Waals surface area contributed by atoms with Gasteiger partial charge >= 0.3 is 0 Å². The van der Waals surface area contributed by atoms with Crippen molar-refractivity contribution in [3.63, 3.8) is 0 Å². The Morgan fingerprint density at radius 3 is 2.17 bits per heavy atom. The van der Waals surface area contributed by atoms with E-state index in [0.29, 0.717) is 0 Å². The molecule has 1 N–H and O–H groups in total. The maximum atomic E-state index is 4.22. The zero-order valence-corrected chi connectivity index (χ0v) is 6.42. The molecule has 0 unspecified atom stereocenters. The number of nitrogens with zero attached hydrogens (tertiary/aromatic N) is 2. The summed E-state index contributed by atoms with van der Waals surface area (Å²) in [5.74, 6) is 0. The Hall–Kier alpha value is -1.84. The predicted molar refractivity (Wildman–Crippen MR) is 44.9 cm³/mol. The van der Waals surface area contributed by atoms with Gasteiger partial charge in [-0.05, 0) is 12.2 Å². The number of hydrogen-bond acceptors (Lipinski definition) is 4.